The lowest BCUT2D eigenvalue weighted by atomic mass is 9.95. The van der Waals surface area contributed by atoms with Crippen LogP contribution in [0.1, 0.15) is 20.8 Å². The molecule has 0 fully saturated rings. The molecular formula is C14H23NO3S. The van der Waals surface area contributed by atoms with Crippen LogP contribution in [0, 0.1) is 5.41 Å². The van der Waals surface area contributed by atoms with Crippen molar-refractivity contribution in [1.29, 1.82) is 0 Å². The van der Waals surface area contributed by atoms with Crippen molar-refractivity contribution in [1.82, 2.24) is 5.32 Å². The Morgan fingerprint density at radius 3 is 2.26 bits per heavy atom. The molecule has 0 heterocycles. The van der Waals surface area contributed by atoms with Crippen molar-refractivity contribution in [2.24, 2.45) is 5.41 Å². The summed E-state index contributed by atoms with van der Waals surface area (Å²) in [6.45, 7) is 8.72. The first-order chi connectivity index (χ1) is 8.74. The smallest absolute Gasteiger partial charge is 0.175 e. The normalized spacial score (nSPS) is 12.4. The third kappa shape index (κ3) is 5.61. The number of ether oxygens (including phenoxy) is 1. The van der Waals surface area contributed by atoms with Gasteiger partial charge in [-0.3, -0.25) is 0 Å². The number of benzene rings is 1. The van der Waals surface area contributed by atoms with Crippen LogP contribution in [-0.2, 0) is 9.84 Å². The largest absolute Gasteiger partial charge is 0.493 e. The van der Waals surface area contributed by atoms with Gasteiger partial charge in [-0.15, -0.1) is 0 Å². The summed E-state index contributed by atoms with van der Waals surface area (Å²) >= 11 is 0. The van der Waals surface area contributed by atoms with Crippen LogP contribution in [0.15, 0.2) is 29.2 Å². The molecule has 0 aliphatic heterocycles. The molecule has 0 aliphatic carbocycles. The molecule has 0 bridgehead atoms. The van der Waals surface area contributed by atoms with Gasteiger partial charge >= 0.3 is 0 Å². The van der Waals surface area contributed by atoms with Gasteiger partial charge in [-0.1, -0.05) is 20.8 Å². The maximum Gasteiger partial charge on any atom is 0.175 e. The fourth-order valence-corrected chi connectivity index (χ4v) is 2.21. The second-order valence-corrected chi connectivity index (χ2v) is 7.49. The first-order valence-corrected chi connectivity index (χ1v) is 8.27. The molecule has 0 amide bonds. The number of nitrogens with one attached hydrogen (secondary N) is 1. The summed E-state index contributed by atoms with van der Waals surface area (Å²) in [6, 6.07) is 6.53. The minimum Gasteiger partial charge on any atom is -0.493 e. The monoisotopic (exact) mass is 285 g/mol. The van der Waals surface area contributed by atoms with E-state index in [9.17, 15) is 8.42 Å². The Morgan fingerprint density at radius 1 is 1.21 bits per heavy atom. The SMILES string of the molecule is CCNCC(C)(C)COc1ccc(S(C)(=O)=O)cc1. The summed E-state index contributed by atoms with van der Waals surface area (Å²) in [6.07, 6.45) is 1.20. The topological polar surface area (TPSA) is 55.4 Å². The Hall–Kier alpha value is -1.07. The number of hydrogen-bond acceptors (Lipinski definition) is 4. The zero-order valence-corrected chi connectivity index (χ0v) is 12.9. The van der Waals surface area contributed by atoms with E-state index in [4.69, 9.17) is 4.74 Å². The van der Waals surface area contributed by atoms with Gasteiger partial charge in [0.05, 0.1) is 11.5 Å². The van der Waals surface area contributed by atoms with E-state index in [1.807, 2.05) is 0 Å². The lowest BCUT2D eigenvalue weighted by molar-refractivity contribution is 0.177. The fraction of sp³-hybridized carbons (Fsp3) is 0.571. The number of hydrogen-bond donors (Lipinski definition) is 1. The van der Waals surface area contributed by atoms with E-state index in [-0.39, 0.29) is 5.41 Å². The Balaban J connectivity index is 2.59. The minimum absolute atomic E-state index is 0.0332. The molecule has 4 nitrogen and oxygen atoms in total. The quantitative estimate of drug-likeness (QED) is 0.833. The van der Waals surface area contributed by atoms with Crippen molar-refractivity contribution in [3.8, 4) is 5.75 Å². The Labute approximate surface area is 116 Å². The Bertz CT molecular complexity index is 492. The highest BCUT2D eigenvalue weighted by atomic mass is 32.2. The summed E-state index contributed by atoms with van der Waals surface area (Å²) in [4.78, 5) is 0.312. The maximum atomic E-state index is 11.3. The second-order valence-electron chi connectivity index (χ2n) is 5.48. The van der Waals surface area contributed by atoms with Gasteiger partial charge in [-0.25, -0.2) is 8.42 Å². The van der Waals surface area contributed by atoms with Crippen LogP contribution in [0.3, 0.4) is 0 Å². The average molecular weight is 285 g/mol. The van der Waals surface area contributed by atoms with Gasteiger partial charge in [0.2, 0.25) is 0 Å². The molecule has 0 aromatic heterocycles. The summed E-state index contributed by atoms with van der Waals surface area (Å²) in [5.74, 6) is 0.692. The van der Waals surface area contributed by atoms with Crippen LogP contribution >= 0.6 is 0 Å². The van der Waals surface area contributed by atoms with E-state index >= 15 is 0 Å². The van der Waals surface area contributed by atoms with Crippen molar-refractivity contribution >= 4 is 9.84 Å². The second kappa shape index (κ2) is 6.39. The number of rotatable bonds is 7. The van der Waals surface area contributed by atoms with Gasteiger partial charge < -0.3 is 10.1 Å². The highest BCUT2D eigenvalue weighted by Crippen LogP contribution is 2.20. The first kappa shape index (κ1) is 16.0. The van der Waals surface area contributed by atoms with E-state index < -0.39 is 9.84 Å². The zero-order chi connectivity index (χ0) is 14.5. The first-order valence-electron chi connectivity index (χ1n) is 6.38. The van der Waals surface area contributed by atoms with Gasteiger partial charge in [0, 0.05) is 18.2 Å². The average Bonchev–Trinajstić information content (AvgIpc) is 2.34. The highest BCUT2D eigenvalue weighted by molar-refractivity contribution is 7.90. The lowest BCUT2D eigenvalue weighted by Crippen LogP contribution is -2.34. The molecule has 1 rings (SSSR count). The molecule has 0 saturated heterocycles. The van der Waals surface area contributed by atoms with Crippen LogP contribution in [-0.4, -0.2) is 34.4 Å². The number of sulfone groups is 1. The predicted molar refractivity (Wildman–Crippen MR) is 77.4 cm³/mol. The van der Waals surface area contributed by atoms with Gasteiger partial charge in [0.1, 0.15) is 5.75 Å². The van der Waals surface area contributed by atoms with E-state index in [2.05, 4.69) is 26.1 Å². The molecule has 0 unspecified atom stereocenters. The van der Waals surface area contributed by atoms with Crippen molar-refractivity contribution < 1.29 is 13.2 Å². The van der Waals surface area contributed by atoms with E-state index in [1.54, 1.807) is 24.3 Å². The molecule has 19 heavy (non-hydrogen) atoms. The third-order valence-electron chi connectivity index (χ3n) is 2.74. The van der Waals surface area contributed by atoms with Crippen LogP contribution in [0.2, 0.25) is 0 Å². The minimum atomic E-state index is -3.14. The lowest BCUT2D eigenvalue weighted by Gasteiger charge is -2.25. The zero-order valence-electron chi connectivity index (χ0n) is 12.1. The van der Waals surface area contributed by atoms with Gasteiger partial charge in [-0.2, -0.15) is 0 Å². The molecular weight excluding hydrogens is 262 g/mol. The van der Waals surface area contributed by atoms with Crippen molar-refractivity contribution in [2.45, 2.75) is 25.7 Å². The molecule has 1 aromatic carbocycles. The van der Waals surface area contributed by atoms with Crippen LogP contribution in [0.5, 0.6) is 5.75 Å². The van der Waals surface area contributed by atoms with Crippen molar-refractivity contribution in [3.63, 3.8) is 0 Å². The van der Waals surface area contributed by atoms with Gasteiger partial charge in [0.15, 0.2) is 9.84 Å². The van der Waals surface area contributed by atoms with E-state index in [0.29, 0.717) is 17.3 Å². The molecule has 0 aliphatic rings. The van der Waals surface area contributed by atoms with Crippen molar-refractivity contribution in [2.75, 3.05) is 26.0 Å². The molecule has 0 spiro atoms. The molecule has 5 heteroatoms. The molecule has 0 atom stereocenters. The maximum absolute atomic E-state index is 11.3. The summed E-state index contributed by atoms with van der Waals surface area (Å²) < 4.78 is 28.4. The highest BCUT2D eigenvalue weighted by Gasteiger charge is 2.18. The van der Waals surface area contributed by atoms with E-state index in [1.165, 1.54) is 6.26 Å². The van der Waals surface area contributed by atoms with E-state index in [0.717, 1.165) is 13.1 Å². The molecule has 1 aromatic rings. The Kier molecular flexibility index (Phi) is 5.38. The van der Waals surface area contributed by atoms with Gasteiger partial charge in [-0.05, 0) is 30.8 Å². The van der Waals surface area contributed by atoms with Crippen molar-refractivity contribution in [3.05, 3.63) is 24.3 Å². The van der Waals surface area contributed by atoms with Gasteiger partial charge in [0.25, 0.3) is 0 Å². The fourth-order valence-electron chi connectivity index (χ4n) is 1.58. The standard InChI is InChI=1S/C14H23NO3S/c1-5-15-10-14(2,3)11-18-12-6-8-13(9-7-12)19(4,16)17/h6-9,15H,5,10-11H2,1-4H3. The van der Waals surface area contributed by atoms with Crippen LogP contribution in [0.4, 0.5) is 0 Å². The van der Waals surface area contributed by atoms with Crippen LogP contribution in [0.25, 0.3) is 0 Å². The molecule has 108 valence electrons. The summed E-state index contributed by atoms with van der Waals surface area (Å²) in [5, 5.41) is 3.29. The summed E-state index contributed by atoms with van der Waals surface area (Å²) in [7, 11) is -3.14. The third-order valence-corrected chi connectivity index (χ3v) is 3.86. The summed E-state index contributed by atoms with van der Waals surface area (Å²) in [5.41, 5.74) is 0.0332. The molecule has 1 N–H and O–H groups in total. The van der Waals surface area contributed by atoms with Crippen LogP contribution < -0.4 is 10.1 Å². The molecule has 0 saturated carbocycles. The molecule has 0 radical (unpaired) electrons. The Morgan fingerprint density at radius 2 is 1.79 bits per heavy atom. The predicted octanol–water partition coefficient (Wildman–Crippen LogP) is 2.10.